The van der Waals surface area contributed by atoms with E-state index in [2.05, 4.69) is 32.7 Å². The molecule has 0 spiro atoms. The van der Waals surface area contributed by atoms with Crippen LogP contribution in [0.25, 0.3) is 0 Å². The van der Waals surface area contributed by atoms with Gasteiger partial charge in [-0.3, -0.25) is 0 Å². The standard InChI is InChI=1S/C15H24ClNO/c1-12(2)13(3)11-17(4)9-10-18-15-7-5-14(16)6-8-15/h5-8,12-13H,9-11H2,1-4H3. The largest absolute Gasteiger partial charge is 0.492 e. The minimum absolute atomic E-state index is 0.711. The van der Waals surface area contributed by atoms with E-state index in [1.807, 2.05) is 24.3 Å². The van der Waals surface area contributed by atoms with Crippen LogP contribution in [-0.2, 0) is 0 Å². The van der Waals surface area contributed by atoms with Crippen LogP contribution in [0.15, 0.2) is 24.3 Å². The predicted molar refractivity (Wildman–Crippen MR) is 78.4 cm³/mol. The third-order valence-corrected chi connectivity index (χ3v) is 3.55. The summed E-state index contributed by atoms with van der Waals surface area (Å²) >= 11 is 5.82. The zero-order valence-corrected chi connectivity index (χ0v) is 12.6. The van der Waals surface area contributed by atoms with Crippen molar-refractivity contribution in [3.8, 4) is 5.75 Å². The van der Waals surface area contributed by atoms with Crippen molar-refractivity contribution in [2.75, 3.05) is 26.7 Å². The number of hydrogen-bond donors (Lipinski definition) is 0. The summed E-state index contributed by atoms with van der Waals surface area (Å²) in [6.07, 6.45) is 0. The van der Waals surface area contributed by atoms with Gasteiger partial charge in [-0.1, -0.05) is 32.4 Å². The predicted octanol–water partition coefficient (Wildman–Crippen LogP) is 3.94. The van der Waals surface area contributed by atoms with Gasteiger partial charge in [0, 0.05) is 18.1 Å². The molecule has 1 aromatic rings. The molecule has 0 aliphatic carbocycles. The lowest BCUT2D eigenvalue weighted by atomic mass is 9.98. The second-order valence-electron chi connectivity index (χ2n) is 5.29. The second-order valence-corrected chi connectivity index (χ2v) is 5.72. The minimum Gasteiger partial charge on any atom is -0.492 e. The molecular formula is C15H24ClNO. The molecule has 1 rings (SSSR count). The summed E-state index contributed by atoms with van der Waals surface area (Å²) in [4.78, 5) is 2.32. The lowest BCUT2D eigenvalue weighted by Crippen LogP contribution is -2.30. The Hall–Kier alpha value is -0.730. The summed E-state index contributed by atoms with van der Waals surface area (Å²) in [5.41, 5.74) is 0. The van der Waals surface area contributed by atoms with Gasteiger partial charge in [0.15, 0.2) is 0 Å². The van der Waals surface area contributed by atoms with Gasteiger partial charge < -0.3 is 9.64 Å². The SMILES string of the molecule is CC(C)C(C)CN(C)CCOc1ccc(Cl)cc1. The Morgan fingerprint density at radius 1 is 1.17 bits per heavy atom. The molecule has 102 valence electrons. The highest BCUT2D eigenvalue weighted by atomic mass is 35.5. The first-order valence-corrected chi connectivity index (χ1v) is 6.93. The third-order valence-electron chi connectivity index (χ3n) is 3.29. The number of halogens is 1. The van der Waals surface area contributed by atoms with Gasteiger partial charge in [0.05, 0.1) is 0 Å². The number of rotatable bonds is 7. The van der Waals surface area contributed by atoms with E-state index in [-0.39, 0.29) is 0 Å². The van der Waals surface area contributed by atoms with Crippen molar-refractivity contribution >= 4 is 11.6 Å². The average Bonchev–Trinajstić information content (AvgIpc) is 2.31. The maximum atomic E-state index is 5.82. The van der Waals surface area contributed by atoms with Gasteiger partial charge in [0.1, 0.15) is 12.4 Å². The van der Waals surface area contributed by atoms with Gasteiger partial charge in [0.2, 0.25) is 0 Å². The van der Waals surface area contributed by atoms with Crippen molar-refractivity contribution in [1.82, 2.24) is 4.90 Å². The van der Waals surface area contributed by atoms with Crippen LogP contribution in [0.5, 0.6) is 5.75 Å². The first kappa shape index (κ1) is 15.3. The van der Waals surface area contributed by atoms with Crippen molar-refractivity contribution in [2.45, 2.75) is 20.8 Å². The minimum atomic E-state index is 0.711. The van der Waals surface area contributed by atoms with E-state index < -0.39 is 0 Å². The molecule has 1 atom stereocenters. The molecule has 0 saturated carbocycles. The fraction of sp³-hybridized carbons (Fsp3) is 0.600. The zero-order chi connectivity index (χ0) is 13.5. The molecule has 3 heteroatoms. The monoisotopic (exact) mass is 269 g/mol. The second kappa shape index (κ2) is 7.65. The van der Waals surface area contributed by atoms with Crippen molar-refractivity contribution in [3.63, 3.8) is 0 Å². The van der Waals surface area contributed by atoms with E-state index in [1.165, 1.54) is 0 Å². The van der Waals surface area contributed by atoms with Crippen LogP contribution in [0.4, 0.5) is 0 Å². The third kappa shape index (κ3) is 5.74. The van der Waals surface area contributed by atoms with Crippen LogP contribution in [0, 0.1) is 11.8 Å². The average molecular weight is 270 g/mol. The highest BCUT2D eigenvalue weighted by molar-refractivity contribution is 6.30. The van der Waals surface area contributed by atoms with Crippen molar-refractivity contribution in [3.05, 3.63) is 29.3 Å². The molecule has 0 radical (unpaired) electrons. The Labute approximate surface area is 116 Å². The number of ether oxygens (including phenoxy) is 1. The molecule has 2 nitrogen and oxygen atoms in total. The first-order chi connectivity index (χ1) is 8.49. The van der Waals surface area contributed by atoms with E-state index >= 15 is 0 Å². The summed E-state index contributed by atoms with van der Waals surface area (Å²) in [5, 5.41) is 0.741. The molecule has 0 fully saturated rings. The van der Waals surface area contributed by atoms with E-state index in [9.17, 15) is 0 Å². The number of likely N-dealkylation sites (N-methyl/N-ethyl adjacent to an activating group) is 1. The van der Waals surface area contributed by atoms with Gasteiger partial charge in [-0.05, 0) is 43.1 Å². The van der Waals surface area contributed by atoms with E-state index in [4.69, 9.17) is 16.3 Å². The molecule has 0 saturated heterocycles. The van der Waals surface area contributed by atoms with Crippen LogP contribution in [0.2, 0.25) is 5.02 Å². The van der Waals surface area contributed by atoms with Crippen molar-refractivity contribution in [2.24, 2.45) is 11.8 Å². The number of nitrogens with zero attached hydrogens (tertiary/aromatic N) is 1. The molecule has 0 amide bonds. The van der Waals surface area contributed by atoms with Crippen molar-refractivity contribution in [1.29, 1.82) is 0 Å². The molecule has 18 heavy (non-hydrogen) atoms. The van der Waals surface area contributed by atoms with Crippen LogP contribution in [0.1, 0.15) is 20.8 Å². The van der Waals surface area contributed by atoms with Gasteiger partial charge in [-0.25, -0.2) is 0 Å². The molecule has 1 unspecified atom stereocenters. The van der Waals surface area contributed by atoms with Gasteiger partial charge in [-0.15, -0.1) is 0 Å². The number of hydrogen-bond acceptors (Lipinski definition) is 2. The Morgan fingerprint density at radius 3 is 2.33 bits per heavy atom. The summed E-state index contributed by atoms with van der Waals surface area (Å²) in [6.45, 7) is 9.59. The maximum Gasteiger partial charge on any atom is 0.119 e. The molecular weight excluding hydrogens is 246 g/mol. The first-order valence-electron chi connectivity index (χ1n) is 6.56. The van der Waals surface area contributed by atoms with Crippen LogP contribution in [0.3, 0.4) is 0 Å². The molecule has 1 aromatic carbocycles. The normalized spacial score (nSPS) is 13.1. The Morgan fingerprint density at radius 2 is 1.78 bits per heavy atom. The number of benzene rings is 1. The smallest absolute Gasteiger partial charge is 0.119 e. The lowest BCUT2D eigenvalue weighted by molar-refractivity contribution is 0.203. The summed E-state index contributed by atoms with van der Waals surface area (Å²) in [5.74, 6) is 2.32. The van der Waals surface area contributed by atoms with Crippen LogP contribution in [-0.4, -0.2) is 31.6 Å². The van der Waals surface area contributed by atoms with Crippen LogP contribution < -0.4 is 4.74 Å². The van der Waals surface area contributed by atoms with E-state index in [0.717, 1.165) is 29.8 Å². The quantitative estimate of drug-likeness (QED) is 0.743. The zero-order valence-electron chi connectivity index (χ0n) is 11.8. The molecule has 0 aliphatic heterocycles. The van der Waals surface area contributed by atoms with Crippen molar-refractivity contribution < 1.29 is 4.74 Å². The Kier molecular flexibility index (Phi) is 6.51. The fourth-order valence-corrected chi connectivity index (χ4v) is 1.77. The topological polar surface area (TPSA) is 12.5 Å². The maximum absolute atomic E-state index is 5.82. The summed E-state index contributed by atoms with van der Waals surface area (Å²) in [6, 6.07) is 7.50. The Bertz CT molecular complexity index is 337. The van der Waals surface area contributed by atoms with E-state index in [1.54, 1.807) is 0 Å². The molecule has 0 N–H and O–H groups in total. The Balaban J connectivity index is 2.23. The van der Waals surface area contributed by atoms with E-state index in [0.29, 0.717) is 12.5 Å². The summed E-state index contributed by atoms with van der Waals surface area (Å²) in [7, 11) is 2.14. The van der Waals surface area contributed by atoms with Gasteiger partial charge in [0.25, 0.3) is 0 Å². The summed E-state index contributed by atoms with van der Waals surface area (Å²) < 4.78 is 5.67. The van der Waals surface area contributed by atoms with Crippen LogP contribution >= 0.6 is 11.6 Å². The van der Waals surface area contributed by atoms with Gasteiger partial charge >= 0.3 is 0 Å². The lowest BCUT2D eigenvalue weighted by Gasteiger charge is -2.23. The van der Waals surface area contributed by atoms with Gasteiger partial charge in [-0.2, -0.15) is 0 Å². The highest BCUT2D eigenvalue weighted by Crippen LogP contribution is 2.15. The molecule has 0 bridgehead atoms. The highest BCUT2D eigenvalue weighted by Gasteiger charge is 2.09. The molecule has 0 aromatic heterocycles. The molecule has 0 heterocycles. The fourth-order valence-electron chi connectivity index (χ4n) is 1.64. The molecule has 0 aliphatic rings.